The summed E-state index contributed by atoms with van der Waals surface area (Å²) in [6.45, 7) is 3.66. The normalized spacial score (nSPS) is 13.0. The number of guanidine groups is 1. The van der Waals surface area contributed by atoms with Crippen molar-refractivity contribution < 1.29 is 13.2 Å². The van der Waals surface area contributed by atoms with Gasteiger partial charge >= 0.3 is 0 Å². The molecule has 0 heterocycles. The van der Waals surface area contributed by atoms with Crippen LogP contribution in [0.4, 0.5) is 5.69 Å². The lowest BCUT2D eigenvalue weighted by Crippen LogP contribution is -2.45. The van der Waals surface area contributed by atoms with Crippen molar-refractivity contribution in [1.82, 2.24) is 4.72 Å². The van der Waals surface area contributed by atoms with Crippen molar-refractivity contribution in [2.45, 2.75) is 19.4 Å². The van der Waals surface area contributed by atoms with E-state index in [1.807, 2.05) is 12.1 Å². The lowest BCUT2D eigenvalue weighted by Gasteiger charge is -2.23. The highest BCUT2D eigenvalue weighted by Crippen LogP contribution is 2.22. The first-order chi connectivity index (χ1) is 9.63. The smallest absolute Gasteiger partial charge is 0.209 e. The molecule has 21 heavy (non-hydrogen) atoms. The summed E-state index contributed by atoms with van der Waals surface area (Å²) in [5.41, 5.74) is 5.77. The van der Waals surface area contributed by atoms with E-state index < -0.39 is 15.6 Å². The van der Waals surface area contributed by atoms with Gasteiger partial charge in [0.1, 0.15) is 5.75 Å². The zero-order valence-corrected chi connectivity index (χ0v) is 13.5. The zero-order chi connectivity index (χ0) is 16.1. The second-order valence-electron chi connectivity index (χ2n) is 5.28. The van der Waals surface area contributed by atoms with Crippen molar-refractivity contribution in [3.63, 3.8) is 0 Å². The zero-order valence-electron chi connectivity index (χ0n) is 12.7. The molecule has 0 radical (unpaired) electrons. The Kier molecular flexibility index (Phi) is 5.56. The van der Waals surface area contributed by atoms with Gasteiger partial charge in [0.2, 0.25) is 10.0 Å². The molecule has 118 valence electrons. The van der Waals surface area contributed by atoms with Crippen LogP contribution in [0.5, 0.6) is 5.75 Å². The molecule has 4 N–H and O–H groups in total. The van der Waals surface area contributed by atoms with Crippen molar-refractivity contribution in [1.29, 1.82) is 0 Å². The van der Waals surface area contributed by atoms with Gasteiger partial charge in [-0.05, 0) is 26.0 Å². The molecular formula is C13H22N4O3S. The van der Waals surface area contributed by atoms with E-state index in [9.17, 15) is 8.42 Å². The van der Waals surface area contributed by atoms with Crippen molar-refractivity contribution in [2.75, 3.05) is 25.2 Å². The molecule has 7 nitrogen and oxygen atoms in total. The van der Waals surface area contributed by atoms with Crippen LogP contribution < -0.4 is 20.5 Å². The monoisotopic (exact) mass is 314 g/mol. The number of para-hydroxylation sites is 2. The minimum atomic E-state index is -3.30. The lowest BCUT2D eigenvalue weighted by molar-refractivity contribution is 0.417. The maximum absolute atomic E-state index is 11.2. The van der Waals surface area contributed by atoms with E-state index in [0.29, 0.717) is 11.4 Å². The van der Waals surface area contributed by atoms with Crippen LogP contribution in [0.2, 0.25) is 0 Å². The van der Waals surface area contributed by atoms with E-state index in [1.165, 1.54) is 0 Å². The van der Waals surface area contributed by atoms with Crippen LogP contribution in [0.25, 0.3) is 0 Å². The molecule has 8 heteroatoms. The maximum atomic E-state index is 11.2. The summed E-state index contributed by atoms with van der Waals surface area (Å²) in [7, 11) is -1.74. The van der Waals surface area contributed by atoms with Gasteiger partial charge in [-0.25, -0.2) is 13.1 Å². The largest absolute Gasteiger partial charge is 0.495 e. The van der Waals surface area contributed by atoms with Crippen LogP contribution >= 0.6 is 0 Å². The first-order valence-corrected chi connectivity index (χ1v) is 8.21. The van der Waals surface area contributed by atoms with Gasteiger partial charge in [-0.2, -0.15) is 0 Å². The standard InChI is InChI=1S/C13H22N4O3S/c1-13(2,17-21(4,18)19)9-15-12(14)16-10-7-5-6-8-11(10)20-3/h5-8,17H,9H2,1-4H3,(H3,14,15,16). The second kappa shape index (κ2) is 6.77. The van der Waals surface area contributed by atoms with E-state index in [0.717, 1.165) is 6.26 Å². The first-order valence-electron chi connectivity index (χ1n) is 6.32. The molecule has 0 spiro atoms. The lowest BCUT2D eigenvalue weighted by atomic mass is 10.1. The predicted molar refractivity (Wildman–Crippen MR) is 85.2 cm³/mol. The summed E-state index contributed by atoms with van der Waals surface area (Å²) >= 11 is 0. The molecule has 0 atom stereocenters. The number of ether oxygens (including phenoxy) is 1. The van der Waals surface area contributed by atoms with Crippen LogP contribution in [0.1, 0.15) is 13.8 Å². The molecule has 0 saturated carbocycles. The fourth-order valence-electron chi connectivity index (χ4n) is 1.74. The number of nitrogens with zero attached hydrogens (tertiary/aromatic N) is 1. The first kappa shape index (κ1) is 17.3. The Hall–Kier alpha value is -1.80. The summed E-state index contributed by atoms with van der Waals surface area (Å²) in [5.74, 6) is 0.826. The molecule has 0 aliphatic heterocycles. The van der Waals surface area contributed by atoms with Gasteiger partial charge in [-0.15, -0.1) is 0 Å². The number of rotatable bonds is 6. The topological polar surface area (TPSA) is 106 Å². The van der Waals surface area contributed by atoms with Gasteiger partial charge < -0.3 is 15.8 Å². The highest BCUT2D eigenvalue weighted by Gasteiger charge is 2.21. The van der Waals surface area contributed by atoms with Gasteiger partial charge in [0.05, 0.1) is 25.6 Å². The molecule has 0 amide bonds. The Morgan fingerprint density at radius 3 is 2.57 bits per heavy atom. The fraction of sp³-hybridized carbons (Fsp3) is 0.462. The Bertz CT molecular complexity index is 612. The molecule has 0 saturated heterocycles. The third-order valence-corrected chi connectivity index (χ3v) is 3.40. The third-order valence-electron chi connectivity index (χ3n) is 2.48. The Balaban J connectivity index is 2.73. The van der Waals surface area contributed by atoms with E-state index in [1.54, 1.807) is 33.1 Å². The molecule has 0 aromatic heterocycles. The number of benzene rings is 1. The van der Waals surface area contributed by atoms with Crippen LogP contribution in [0.3, 0.4) is 0 Å². The summed E-state index contributed by atoms with van der Waals surface area (Å²) in [5, 5.41) is 2.92. The van der Waals surface area contributed by atoms with Gasteiger partial charge in [0.15, 0.2) is 5.96 Å². The van der Waals surface area contributed by atoms with Crippen molar-refractivity contribution in [3.8, 4) is 5.75 Å². The summed E-state index contributed by atoms with van der Waals surface area (Å²) < 4.78 is 30.2. The average Bonchev–Trinajstić information content (AvgIpc) is 2.34. The molecule has 0 aliphatic carbocycles. The SMILES string of the molecule is COc1ccccc1NC(N)=NCC(C)(C)NS(C)(=O)=O. The summed E-state index contributed by atoms with van der Waals surface area (Å²) in [6, 6.07) is 7.29. The van der Waals surface area contributed by atoms with Crippen molar-refractivity contribution >= 4 is 21.7 Å². The highest BCUT2D eigenvalue weighted by atomic mass is 32.2. The molecular weight excluding hydrogens is 292 g/mol. The van der Waals surface area contributed by atoms with E-state index in [4.69, 9.17) is 10.5 Å². The maximum Gasteiger partial charge on any atom is 0.209 e. The molecule has 1 aromatic rings. The Labute approximate surface area is 125 Å². The Morgan fingerprint density at radius 2 is 2.00 bits per heavy atom. The number of aliphatic imine (C=N–C) groups is 1. The number of nitrogens with two attached hydrogens (primary N) is 1. The van der Waals surface area contributed by atoms with E-state index in [-0.39, 0.29) is 12.5 Å². The Morgan fingerprint density at radius 1 is 1.38 bits per heavy atom. The van der Waals surface area contributed by atoms with Crippen molar-refractivity contribution in [3.05, 3.63) is 24.3 Å². The fourth-order valence-corrected chi connectivity index (χ4v) is 2.81. The van der Waals surface area contributed by atoms with E-state index in [2.05, 4.69) is 15.0 Å². The number of nitrogens with one attached hydrogen (secondary N) is 2. The van der Waals surface area contributed by atoms with Gasteiger partial charge in [0, 0.05) is 5.54 Å². The molecule has 0 aliphatic rings. The van der Waals surface area contributed by atoms with Gasteiger partial charge in [-0.3, -0.25) is 4.99 Å². The minimum Gasteiger partial charge on any atom is -0.495 e. The second-order valence-corrected chi connectivity index (χ2v) is 7.03. The van der Waals surface area contributed by atoms with E-state index >= 15 is 0 Å². The minimum absolute atomic E-state index is 0.183. The molecule has 0 bridgehead atoms. The van der Waals surface area contributed by atoms with Crippen LogP contribution in [-0.4, -0.2) is 39.8 Å². The number of anilines is 1. The quantitative estimate of drug-likeness (QED) is 0.531. The number of hydrogen-bond donors (Lipinski definition) is 3. The van der Waals surface area contributed by atoms with Crippen LogP contribution in [-0.2, 0) is 10.0 Å². The average molecular weight is 314 g/mol. The number of sulfonamides is 1. The van der Waals surface area contributed by atoms with Gasteiger partial charge in [-0.1, -0.05) is 12.1 Å². The number of methoxy groups -OCH3 is 1. The molecule has 1 aromatic carbocycles. The summed E-state index contributed by atoms with van der Waals surface area (Å²) in [4.78, 5) is 4.15. The van der Waals surface area contributed by atoms with Crippen LogP contribution in [0.15, 0.2) is 29.3 Å². The van der Waals surface area contributed by atoms with Crippen molar-refractivity contribution in [2.24, 2.45) is 10.7 Å². The predicted octanol–water partition coefficient (Wildman–Crippen LogP) is 0.750. The molecule has 0 unspecified atom stereocenters. The summed E-state index contributed by atoms with van der Waals surface area (Å²) in [6.07, 6.45) is 1.11. The third kappa shape index (κ3) is 6.46. The van der Waals surface area contributed by atoms with Gasteiger partial charge in [0.25, 0.3) is 0 Å². The molecule has 0 fully saturated rings. The number of hydrogen-bond acceptors (Lipinski definition) is 4. The molecule has 1 rings (SSSR count). The van der Waals surface area contributed by atoms with Crippen LogP contribution in [0, 0.1) is 0 Å². The highest BCUT2D eigenvalue weighted by molar-refractivity contribution is 7.88.